The van der Waals surface area contributed by atoms with Crippen LogP contribution in [0.3, 0.4) is 0 Å². The summed E-state index contributed by atoms with van der Waals surface area (Å²) >= 11 is 0. The van der Waals surface area contributed by atoms with Crippen molar-refractivity contribution in [3.8, 4) is 17.7 Å². The van der Waals surface area contributed by atoms with Crippen LogP contribution >= 0.6 is 0 Å². The highest BCUT2D eigenvalue weighted by Crippen LogP contribution is 2.14. The molecule has 6 heteroatoms. The van der Waals surface area contributed by atoms with Gasteiger partial charge in [0.1, 0.15) is 11.5 Å². The molecule has 2 rings (SSSR count). The Hall–Kier alpha value is -2.13. The van der Waals surface area contributed by atoms with Crippen LogP contribution < -0.4 is 10.1 Å². The van der Waals surface area contributed by atoms with Crippen LogP contribution in [-0.4, -0.2) is 42.2 Å². The smallest absolute Gasteiger partial charge is 0.384 e. The van der Waals surface area contributed by atoms with Crippen LogP contribution in [0.2, 0.25) is 0 Å². The monoisotopic (exact) mass is 303 g/mol. The standard InChI is InChI=1S/C16H21N3O3/c1-3-21-16(20)7-6-14-9-15(19-12(2)18-14)22-11-13-5-4-8-17-10-13/h9,13,17H,3-5,8,10-11H2,1-2H3. The Morgan fingerprint density at radius 1 is 1.50 bits per heavy atom. The van der Waals surface area contributed by atoms with Crippen LogP contribution in [0.1, 0.15) is 31.3 Å². The van der Waals surface area contributed by atoms with E-state index >= 15 is 0 Å². The van der Waals surface area contributed by atoms with Crippen LogP contribution in [-0.2, 0) is 9.53 Å². The molecule has 1 aliphatic heterocycles. The van der Waals surface area contributed by atoms with Crippen molar-refractivity contribution >= 4 is 5.97 Å². The van der Waals surface area contributed by atoms with Gasteiger partial charge in [0.05, 0.1) is 13.2 Å². The number of hydrogen-bond donors (Lipinski definition) is 1. The predicted molar refractivity (Wildman–Crippen MR) is 81.4 cm³/mol. The summed E-state index contributed by atoms with van der Waals surface area (Å²) in [6, 6.07) is 1.65. The first-order chi connectivity index (χ1) is 10.7. The summed E-state index contributed by atoms with van der Waals surface area (Å²) in [5.74, 6) is 6.07. The third kappa shape index (κ3) is 5.34. The highest BCUT2D eigenvalue weighted by Gasteiger charge is 2.14. The van der Waals surface area contributed by atoms with Gasteiger partial charge in [0.25, 0.3) is 0 Å². The normalized spacial score (nSPS) is 17.3. The second kappa shape index (κ2) is 8.35. The Balaban J connectivity index is 1.98. The molecule has 1 fully saturated rings. The van der Waals surface area contributed by atoms with Crippen molar-refractivity contribution < 1.29 is 14.3 Å². The first kappa shape index (κ1) is 16.2. The summed E-state index contributed by atoms with van der Waals surface area (Å²) in [4.78, 5) is 19.7. The minimum absolute atomic E-state index is 0.306. The van der Waals surface area contributed by atoms with Crippen LogP contribution in [0.4, 0.5) is 0 Å². The summed E-state index contributed by atoms with van der Waals surface area (Å²) in [5, 5.41) is 3.35. The number of rotatable bonds is 4. The second-order valence-electron chi connectivity index (χ2n) is 5.13. The molecule has 6 nitrogen and oxygen atoms in total. The number of carbonyl (C=O) groups is 1. The van der Waals surface area contributed by atoms with Gasteiger partial charge in [-0.25, -0.2) is 9.78 Å². The van der Waals surface area contributed by atoms with E-state index in [0.717, 1.165) is 19.5 Å². The van der Waals surface area contributed by atoms with Crippen LogP contribution in [0, 0.1) is 24.7 Å². The molecule has 2 heterocycles. The van der Waals surface area contributed by atoms with Crippen molar-refractivity contribution in [2.24, 2.45) is 5.92 Å². The highest BCUT2D eigenvalue weighted by atomic mass is 16.5. The summed E-state index contributed by atoms with van der Waals surface area (Å²) in [6.07, 6.45) is 2.33. The number of carbonyl (C=O) groups excluding carboxylic acids is 1. The lowest BCUT2D eigenvalue weighted by Gasteiger charge is -2.22. The van der Waals surface area contributed by atoms with E-state index in [0.29, 0.717) is 36.5 Å². The molecular weight excluding hydrogens is 282 g/mol. The van der Waals surface area contributed by atoms with Crippen molar-refractivity contribution in [3.63, 3.8) is 0 Å². The number of esters is 1. The van der Waals surface area contributed by atoms with Gasteiger partial charge in [-0.15, -0.1) is 0 Å². The third-order valence-electron chi connectivity index (χ3n) is 3.25. The van der Waals surface area contributed by atoms with Gasteiger partial charge in [-0.1, -0.05) is 0 Å². The summed E-state index contributed by atoms with van der Waals surface area (Å²) < 4.78 is 10.5. The van der Waals surface area contributed by atoms with E-state index in [1.165, 1.54) is 6.42 Å². The Morgan fingerprint density at radius 2 is 2.36 bits per heavy atom. The van der Waals surface area contributed by atoms with Gasteiger partial charge in [-0.3, -0.25) is 0 Å². The zero-order chi connectivity index (χ0) is 15.8. The second-order valence-corrected chi connectivity index (χ2v) is 5.13. The van der Waals surface area contributed by atoms with E-state index in [4.69, 9.17) is 9.47 Å². The average molecular weight is 303 g/mol. The molecule has 0 bridgehead atoms. The van der Waals surface area contributed by atoms with E-state index in [1.807, 2.05) is 0 Å². The van der Waals surface area contributed by atoms with Crippen LogP contribution in [0.15, 0.2) is 6.07 Å². The number of nitrogens with one attached hydrogen (secondary N) is 1. The quantitative estimate of drug-likeness (QED) is 0.663. The molecule has 1 aliphatic rings. The molecule has 1 atom stereocenters. The molecule has 0 amide bonds. The summed E-state index contributed by atoms with van der Waals surface area (Å²) in [6.45, 7) is 6.48. The molecule has 1 aromatic heterocycles. The largest absolute Gasteiger partial charge is 0.477 e. The molecule has 0 spiro atoms. The first-order valence-electron chi connectivity index (χ1n) is 7.55. The Morgan fingerprint density at radius 3 is 3.09 bits per heavy atom. The van der Waals surface area contributed by atoms with Crippen molar-refractivity contribution in [1.29, 1.82) is 0 Å². The molecule has 22 heavy (non-hydrogen) atoms. The SMILES string of the molecule is CCOC(=O)C#Cc1cc(OCC2CCCNC2)nc(C)n1. The number of aromatic nitrogens is 2. The number of piperidine rings is 1. The van der Waals surface area contributed by atoms with Gasteiger partial charge >= 0.3 is 5.97 Å². The van der Waals surface area contributed by atoms with Crippen LogP contribution in [0.25, 0.3) is 0 Å². The Labute approximate surface area is 130 Å². The van der Waals surface area contributed by atoms with Crippen molar-refractivity contribution in [3.05, 3.63) is 17.6 Å². The average Bonchev–Trinajstić information content (AvgIpc) is 2.52. The number of nitrogens with zero attached hydrogens (tertiary/aromatic N) is 2. The zero-order valence-corrected chi connectivity index (χ0v) is 13.0. The van der Waals surface area contributed by atoms with Gasteiger partial charge in [0.2, 0.25) is 5.88 Å². The van der Waals surface area contributed by atoms with E-state index < -0.39 is 5.97 Å². The summed E-state index contributed by atoms with van der Waals surface area (Å²) in [5.41, 5.74) is 0.456. The van der Waals surface area contributed by atoms with Crippen molar-refractivity contribution in [1.82, 2.24) is 15.3 Å². The summed E-state index contributed by atoms with van der Waals surface area (Å²) in [7, 11) is 0. The molecule has 0 aromatic carbocycles. The molecular formula is C16H21N3O3. The fraction of sp³-hybridized carbons (Fsp3) is 0.562. The Bertz CT molecular complexity index is 572. The lowest BCUT2D eigenvalue weighted by Crippen LogP contribution is -2.33. The number of hydrogen-bond acceptors (Lipinski definition) is 6. The molecule has 118 valence electrons. The molecule has 1 N–H and O–H groups in total. The minimum atomic E-state index is -0.561. The molecule has 0 aliphatic carbocycles. The van der Waals surface area contributed by atoms with Crippen molar-refractivity contribution in [2.45, 2.75) is 26.7 Å². The van der Waals surface area contributed by atoms with Gasteiger partial charge in [-0.2, -0.15) is 4.98 Å². The predicted octanol–water partition coefficient (Wildman–Crippen LogP) is 1.08. The maximum absolute atomic E-state index is 11.2. The van der Waals surface area contributed by atoms with Crippen molar-refractivity contribution in [2.75, 3.05) is 26.3 Å². The topological polar surface area (TPSA) is 73.3 Å². The van der Waals surface area contributed by atoms with E-state index in [9.17, 15) is 4.79 Å². The lowest BCUT2D eigenvalue weighted by atomic mass is 10.0. The van der Waals surface area contributed by atoms with E-state index in [1.54, 1.807) is 19.9 Å². The lowest BCUT2D eigenvalue weighted by molar-refractivity contribution is -0.136. The zero-order valence-electron chi connectivity index (χ0n) is 13.0. The number of aryl methyl sites for hydroxylation is 1. The minimum Gasteiger partial charge on any atom is -0.477 e. The maximum Gasteiger partial charge on any atom is 0.384 e. The van der Waals surface area contributed by atoms with Crippen LogP contribution in [0.5, 0.6) is 5.88 Å². The van der Waals surface area contributed by atoms with Gasteiger partial charge < -0.3 is 14.8 Å². The first-order valence-corrected chi connectivity index (χ1v) is 7.55. The Kier molecular flexibility index (Phi) is 6.16. The molecule has 1 unspecified atom stereocenters. The molecule has 1 aromatic rings. The third-order valence-corrected chi connectivity index (χ3v) is 3.25. The van der Waals surface area contributed by atoms with Gasteiger partial charge in [0, 0.05) is 24.4 Å². The molecule has 0 saturated carbocycles. The van der Waals surface area contributed by atoms with Gasteiger partial charge in [-0.05, 0) is 39.2 Å². The van der Waals surface area contributed by atoms with Gasteiger partial charge in [0.15, 0.2) is 0 Å². The van der Waals surface area contributed by atoms with E-state index in [-0.39, 0.29) is 0 Å². The van der Waals surface area contributed by atoms with E-state index in [2.05, 4.69) is 27.1 Å². The fourth-order valence-electron chi connectivity index (χ4n) is 2.23. The molecule has 0 radical (unpaired) electrons. The molecule has 1 saturated heterocycles. The fourth-order valence-corrected chi connectivity index (χ4v) is 2.23. The highest BCUT2D eigenvalue weighted by molar-refractivity contribution is 5.89. The maximum atomic E-state index is 11.2. The number of ether oxygens (including phenoxy) is 2.